The quantitative estimate of drug-likeness (QED) is 0.111. The van der Waals surface area contributed by atoms with Gasteiger partial charge in [-0.3, -0.25) is 14.5 Å². The van der Waals surface area contributed by atoms with E-state index in [4.69, 9.17) is 9.73 Å². The summed E-state index contributed by atoms with van der Waals surface area (Å²) in [6.07, 6.45) is 2.65. The van der Waals surface area contributed by atoms with E-state index in [0.717, 1.165) is 18.5 Å². The van der Waals surface area contributed by atoms with Crippen LogP contribution < -0.4 is 0 Å². The van der Waals surface area contributed by atoms with Crippen molar-refractivity contribution in [3.8, 4) is 0 Å². The molecule has 1 fully saturated rings. The molecule has 0 unspecified atom stereocenters. The van der Waals surface area contributed by atoms with Crippen LogP contribution in [0.4, 0.5) is 10.5 Å². The van der Waals surface area contributed by atoms with E-state index in [-0.39, 0.29) is 34.9 Å². The Morgan fingerprint density at radius 1 is 0.942 bits per heavy atom. The Balaban J connectivity index is 0.00000523. The molecule has 52 heavy (non-hydrogen) atoms. The van der Waals surface area contributed by atoms with Crippen LogP contribution in [0.5, 0.6) is 0 Å². The van der Waals surface area contributed by atoms with Crippen molar-refractivity contribution in [2.45, 2.75) is 64.3 Å². The predicted molar refractivity (Wildman–Crippen MR) is 203 cm³/mol. The summed E-state index contributed by atoms with van der Waals surface area (Å²) in [4.78, 5) is 47.1. The van der Waals surface area contributed by atoms with Crippen molar-refractivity contribution < 1.29 is 40.7 Å². The molecule has 1 aliphatic rings. The number of ether oxygens (including phenoxy) is 1. The van der Waals surface area contributed by atoms with Crippen LogP contribution in [0.3, 0.4) is 0 Å². The number of hydrogen-bond acceptors (Lipinski definition) is 6. The van der Waals surface area contributed by atoms with Gasteiger partial charge in [0.05, 0.1) is 23.2 Å². The summed E-state index contributed by atoms with van der Waals surface area (Å²) in [7, 11) is 0. The van der Waals surface area contributed by atoms with E-state index in [1.165, 1.54) is 4.57 Å². The normalized spacial score (nSPS) is 15.5. The summed E-state index contributed by atoms with van der Waals surface area (Å²) in [5.74, 6) is -1.38. The van der Waals surface area contributed by atoms with Crippen molar-refractivity contribution in [1.29, 1.82) is 0 Å². The van der Waals surface area contributed by atoms with Gasteiger partial charge in [-0.15, -0.1) is 5.69 Å². The number of halogens is 1. The van der Waals surface area contributed by atoms with Gasteiger partial charge in [-0.2, -0.15) is 0 Å². The average Bonchev–Trinajstić information content (AvgIpc) is 3.72. The zero-order valence-corrected chi connectivity index (χ0v) is 31.7. The molecule has 1 aromatic heterocycles. The number of benzene rings is 4. The molecular weight excluding hydrogens is 767 g/mol. The molecule has 272 valence electrons. The summed E-state index contributed by atoms with van der Waals surface area (Å²) in [5, 5.41) is 15.9. The van der Waals surface area contributed by atoms with Crippen molar-refractivity contribution in [2.75, 3.05) is 6.54 Å². The van der Waals surface area contributed by atoms with Crippen LogP contribution in [-0.2, 0) is 43.8 Å². The monoisotopic (exact) mass is 805 g/mol. The second-order valence-corrected chi connectivity index (χ2v) is 14.5. The van der Waals surface area contributed by atoms with Crippen LogP contribution in [0.15, 0.2) is 119 Å². The van der Waals surface area contributed by atoms with Crippen molar-refractivity contribution >= 4 is 56.2 Å². The molecule has 0 aliphatic carbocycles. The Morgan fingerprint density at radius 3 is 2.31 bits per heavy atom. The third kappa shape index (κ3) is 9.07. The summed E-state index contributed by atoms with van der Waals surface area (Å²) < 4.78 is 7.78. The van der Waals surface area contributed by atoms with Gasteiger partial charge in [0.25, 0.3) is 0 Å². The van der Waals surface area contributed by atoms with Gasteiger partial charge in [-0.1, -0.05) is 107 Å². The fraction of sp³-hybridized carbons (Fsp3) is 0.268. The van der Waals surface area contributed by atoms with E-state index >= 15 is 0 Å². The Kier molecular flexibility index (Phi) is 12.5. The van der Waals surface area contributed by atoms with Gasteiger partial charge >= 0.3 is 12.1 Å². The standard InChI is InChI=1S/C41H41BrN4O5.Ni/c1-41(2,3)51-40(50)46-26-29(36-31(42)19-12-21-34(36)46)24-33(39(48)49)43-37(28-16-8-5-9-17-28)30-18-10-11-20-32(30)44-38(47)35-22-13-23-45(35)25-27-14-6-4-7-15-27;/h4-12,14-21,26,33,35H,13,22-25H2,1-3H3,(H2,43,44,47,48,49);/p-1/t33-,35-;/m0./s1. The van der Waals surface area contributed by atoms with E-state index in [2.05, 4.69) is 38.3 Å². The summed E-state index contributed by atoms with van der Waals surface area (Å²) >= 11 is 3.61. The SMILES string of the molecule is CC(C)(C)OC(=O)n1cc(C[C@H](N=C(c2ccccc2)c2ccccc2[N-]C(=O)[C@@H]2CCCN2Cc2ccccc2)C(=O)O)c2c(Br)cccc21.[Ni]. The Bertz CT molecular complexity index is 2080. The number of aromatic nitrogens is 1. The van der Waals surface area contributed by atoms with E-state index in [9.17, 15) is 19.5 Å². The smallest absolute Gasteiger partial charge is 0.419 e. The second kappa shape index (κ2) is 16.8. The maximum absolute atomic E-state index is 13.8. The number of aliphatic carboxylic acids is 1. The third-order valence-corrected chi connectivity index (χ3v) is 9.41. The first kappa shape index (κ1) is 38.7. The minimum Gasteiger partial charge on any atom is -0.625 e. The first-order valence-electron chi connectivity index (χ1n) is 17.0. The molecule has 1 aliphatic heterocycles. The first-order valence-corrected chi connectivity index (χ1v) is 17.8. The number of hydrogen-bond donors (Lipinski definition) is 1. The molecule has 2 heterocycles. The summed E-state index contributed by atoms with van der Waals surface area (Å²) in [5.41, 5.74) is 3.66. The molecule has 4 aromatic carbocycles. The number of carbonyl (C=O) groups excluding carboxylic acids is 2. The minimum absolute atomic E-state index is 0. The maximum Gasteiger partial charge on any atom is 0.419 e. The average molecular weight is 807 g/mol. The minimum atomic E-state index is -1.25. The van der Waals surface area contributed by atoms with Gasteiger partial charge < -0.3 is 20.0 Å². The zero-order chi connectivity index (χ0) is 36.1. The third-order valence-electron chi connectivity index (χ3n) is 8.74. The number of carbonyl (C=O) groups is 3. The van der Waals surface area contributed by atoms with Crippen LogP contribution in [0.2, 0.25) is 0 Å². The van der Waals surface area contributed by atoms with Gasteiger partial charge in [0.15, 0.2) is 6.04 Å². The van der Waals surface area contributed by atoms with Crippen molar-refractivity contribution in [1.82, 2.24) is 9.47 Å². The number of likely N-dealkylation sites (tertiary alicyclic amines) is 1. The second-order valence-electron chi connectivity index (χ2n) is 13.6. The molecule has 0 bridgehead atoms. The van der Waals surface area contributed by atoms with Crippen molar-refractivity contribution in [2.24, 2.45) is 4.99 Å². The molecule has 1 amide bonds. The number of fused-ring (bicyclic) bond motifs is 1. The number of aliphatic imine (C=N–C) groups is 1. The summed E-state index contributed by atoms with van der Waals surface area (Å²) in [6, 6.07) is 30.5. The number of carboxylic acids is 1. The number of rotatable bonds is 10. The Labute approximate surface area is 322 Å². The van der Waals surface area contributed by atoms with E-state index in [0.29, 0.717) is 56.4 Å². The van der Waals surface area contributed by atoms with Crippen LogP contribution in [0, 0.1) is 0 Å². The van der Waals surface area contributed by atoms with Crippen molar-refractivity contribution in [3.05, 3.63) is 141 Å². The van der Waals surface area contributed by atoms with Crippen LogP contribution >= 0.6 is 15.9 Å². The molecule has 1 saturated heterocycles. The number of para-hydroxylation sites is 1. The van der Waals surface area contributed by atoms with E-state index in [1.807, 2.05) is 78.9 Å². The molecule has 9 nitrogen and oxygen atoms in total. The number of carboxylic acid groups (broad SMARTS) is 1. The zero-order valence-electron chi connectivity index (χ0n) is 29.1. The molecule has 0 spiro atoms. The molecular formula is C41H40BrN4NiO5-. The van der Waals surface area contributed by atoms with Gasteiger partial charge in [0.2, 0.25) is 0 Å². The predicted octanol–water partition coefficient (Wildman–Crippen LogP) is 8.91. The largest absolute Gasteiger partial charge is 0.625 e. The van der Waals surface area contributed by atoms with Gasteiger partial charge in [0.1, 0.15) is 5.60 Å². The van der Waals surface area contributed by atoms with Crippen LogP contribution in [0.1, 0.15) is 55.9 Å². The van der Waals surface area contributed by atoms with Crippen molar-refractivity contribution in [3.63, 3.8) is 0 Å². The molecule has 0 radical (unpaired) electrons. The fourth-order valence-corrected chi connectivity index (χ4v) is 7.07. The van der Waals surface area contributed by atoms with Gasteiger partial charge in [-0.05, 0) is 69.0 Å². The first-order chi connectivity index (χ1) is 24.5. The molecule has 6 rings (SSSR count). The van der Waals surface area contributed by atoms with Crippen LogP contribution in [0.25, 0.3) is 16.2 Å². The molecule has 11 heteroatoms. The maximum atomic E-state index is 13.8. The van der Waals surface area contributed by atoms with E-state index < -0.39 is 23.7 Å². The topological polar surface area (TPSA) is 115 Å². The van der Waals surface area contributed by atoms with Gasteiger partial charge in [0, 0.05) is 51.1 Å². The Hall–Kier alpha value is -4.57. The Morgan fingerprint density at radius 2 is 1.62 bits per heavy atom. The summed E-state index contributed by atoms with van der Waals surface area (Å²) in [6.45, 7) is 6.84. The molecule has 1 N–H and O–H groups in total. The number of amides is 1. The van der Waals surface area contributed by atoms with Gasteiger partial charge in [-0.25, -0.2) is 9.59 Å². The van der Waals surface area contributed by atoms with Crippen LogP contribution in [-0.4, -0.2) is 62.5 Å². The molecule has 0 saturated carbocycles. The molecule has 5 aromatic rings. The number of nitrogens with zero attached hydrogens (tertiary/aromatic N) is 4. The fourth-order valence-electron chi connectivity index (χ4n) is 6.46. The van der Waals surface area contributed by atoms with E-state index in [1.54, 1.807) is 39.1 Å². The molecule has 2 atom stereocenters.